The summed E-state index contributed by atoms with van der Waals surface area (Å²) < 4.78 is 0. The molecule has 2 heterocycles. The Morgan fingerprint density at radius 2 is 2.33 bits per heavy atom. The second kappa shape index (κ2) is 3.69. The molecular weight excluding hydrogens is 170 g/mol. The van der Waals surface area contributed by atoms with Crippen molar-refractivity contribution in [2.75, 3.05) is 11.5 Å². The molecule has 2 saturated heterocycles. The van der Waals surface area contributed by atoms with E-state index in [4.69, 9.17) is 0 Å². The van der Waals surface area contributed by atoms with Crippen LogP contribution >= 0.6 is 11.8 Å². The summed E-state index contributed by atoms with van der Waals surface area (Å²) in [4.78, 5) is 11.0. The number of nitrogens with one attached hydrogen (secondary N) is 1. The molecule has 1 N–H and O–H groups in total. The Morgan fingerprint density at radius 1 is 1.42 bits per heavy atom. The van der Waals surface area contributed by atoms with Crippen molar-refractivity contribution in [3.8, 4) is 0 Å². The highest BCUT2D eigenvalue weighted by Gasteiger charge is 2.29. The molecule has 12 heavy (non-hydrogen) atoms. The first-order valence-corrected chi connectivity index (χ1v) is 5.89. The number of carbonyl (C=O) groups is 1. The van der Waals surface area contributed by atoms with Crippen LogP contribution in [0.2, 0.25) is 0 Å². The van der Waals surface area contributed by atoms with Gasteiger partial charge < -0.3 is 5.32 Å². The normalized spacial score (nSPS) is 36.5. The summed E-state index contributed by atoms with van der Waals surface area (Å²) >= 11 is 2.04. The predicted octanol–water partition coefficient (Wildman–Crippen LogP) is 1.41. The molecular formula is C9H15NOS. The van der Waals surface area contributed by atoms with Crippen molar-refractivity contribution >= 4 is 17.7 Å². The number of thioether (sulfide) groups is 1. The molecule has 0 aromatic carbocycles. The average Bonchev–Trinajstić information content (AvgIpc) is 2.54. The molecule has 1 amide bonds. The van der Waals surface area contributed by atoms with Crippen LogP contribution in [-0.4, -0.2) is 23.5 Å². The topological polar surface area (TPSA) is 29.1 Å². The molecule has 0 aromatic heterocycles. The van der Waals surface area contributed by atoms with Gasteiger partial charge in [0, 0.05) is 12.5 Å². The minimum absolute atomic E-state index is 0.260. The van der Waals surface area contributed by atoms with Crippen molar-refractivity contribution in [2.45, 2.75) is 31.7 Å². The Bertz CT molecular complexity index is 177. The largest absolute Gasteiger partial charge is 0.353 e. The first-order valence-electron chi connectivity index (χ1n) is 4.73. The van der Waals surface area contributed by atoms with Crippen LogP contribution in [0, 0.1) is 5.92 Å². The van der Waals surface area contributed by atoms with Crippen LogP contribution in [0.25, 0.3) is 0 Å². The lowest BCUT2D eigenvalue weighted by Gasteiger charge is -2.26. The van der Waals surface area contributed by atoms with E-state index in [1.165, 1.54) is 24.3 Å². The van der Waals surface area contributed by atoms with Gasteiger partial charge in [0.05, 0.1) is 0 Å². The zero-order chi connectivity index (χ0) is 8.39. The minimum Gasteiger partial charge on any atom is -0.353 e. The van der Waals surface area contributed by atoms with Gasteiger partial charge >= 0.3 is 0 Å². The molecule has 2 aliphatic rings. The predicted molar refractivity (Wildman–Crippen MR) is 51.2 cm³/mol. The number of amides is 1. The Hall–Kier alpha value is -0.180. The van der Waals surface area contributed by atoms with Gasteiger partial charge in [-0.2, -0.15) is 11.8 Å². The quantitative estimate of drug-likeness (QED) is 0.669. The summed E-state index contributed by atoms with van der Waals surface area (Å²) in [6, 6.07) is 0.505. The molecule has 2 unspecified atom stereocenters. The third kappa shape index (κ3) is 1.76. The second-order valence-electron chi connectivity index (χ2n) is 3.69. The highest BCUT2D eigenvalue weighted by Crippen LogP contribution is 2.28. The van der Waals surface area contributed by atoms with Crippen molar-refractivity contribution in [3.63, 3.8) is 0 Å². The van der Waals surface area contributed by atoms with Crippen molar-refractivity contribution < 1.29 is 4.79 Å². The summed E-state index contributed by atoms with van der Waals surface area (Å²) in [6.45, 7) is 0. The molecule has 0 aromatic rings. The van der Waals surface area contributed by atoms with Gasteiger partial charge in [-0.1, -0.05) is 0 Å². The summed E-state index contributed by atoms with van der Waals surface area (Å²) in [5, 5.41) is 3.07. The zero-order valence-electron chi connectivity index (χ0n) is 7.21. The molecule has 3 heteroatoms. The van der Waals surface area contributed by atoms with E-state index in [2.05, 4.69) is 5.32 Å². The van der Waals surface area contributed by atoms with E-state index in [-0.39, 0.29) is 5.91 Å². The monoisotopic (exact) mass is 185 g/mol. The lowest BCUT2D eigenvalue weighted by Crippen LogP contribution is -2.35. The number of carbonyl (C=O) groups excluding carboxylic acids is 1. The fourth-order valence-electron chi connectivity index (χ4n) is 2.07. The fourth-order valence-corrected chi connectivity index (χ4v) is 3.31. The van der Waals surface area contributed by atoms with Gasteiger partial charge in [-0.05, 0) is 36.7 Å². The zero-order valence-corrected chi connectivity index (χ0v) is 8.03. The van der Waals surface area contributed by atoms with Crippen molar-refractivity contribution in [1.29, 1.82) is 0 Å². The third-order valence-electron chi connectivity index (χ3n) is 2.79. The van der Waals surface area contributed by atoms with Crippen molar-refractivity contribution in [1.82, 2.24) is 5.32 Å². The third-order valence-corrected chi connectivity index (χ3v) is 4.03. The molecule has 0 aliphatic carbocycles. The molecule has 0 saturated carbocycles. The van der Waals surface area contributed by atoms with E-state index in [1.54, 1.807) is 0 Å². The first kappa shape index (κ1) is 8.42. The maximum atomic E-state index is 11.0. The molecule has 2 fully saturated rings. The number of hydrogen-bond donors (Lipinski definition) is 1. The summed E-state index contributed by atoms with van der Waals surface area (Å²) in [5.74, 6) is 3.59. The molecule has 0 radical (unpaired) electrons. The first-order chi connectivity index (χ1) is 5.86. The van der Waals surface area contributed by atoms with Crippen LogP contribution in [0.3, 0.4) is 0 Å². The number of rotatable bonds is 1. The van der Waals surface area contributed by atoms with Gasteiger partial charge in [-0.3, -0.25) is 4.79 Å². The lowest BCUT2D eigenvalue weighted by atomic mass is 9.95. The smallest absolute Gasteiger partial charge is 0.220 e. The van der Waals surface area contributed by atoms with E-state index in [0.29, 0.717) is 6.04 Å². The van der Waals surface area contributed by atoms with Gasteiger partial charge in [-0.25, -0.2) is 0 Å². The van der Waals surface area contributed by atoms with Gasteiger partial charge in [0.15, 0.2) is 0 Å². The highest BCUT2D eigenvalue weighted by atomic mass is 32.2. The SMILES string of the molecule is O=C1CCC(C2CCCSC2)N1. The van der Waals surface area contributed by atoms with Gasteiger partial charge in [0.1, 0.15) is 0 Å². The molecule has 2 rings (SSSR count). The van der Waals surface area contributed by atoms with Crippen LogP contribution in [0.15, 0.2) is 0 Å². The molecule has 68 valence electrons. The van der Waals surface area contributed by atoms with Gasteiger partial charge in [-0.15, -0.1) is 0 Å². The molecule has 2 aliphatic heterocycles. The van der Waals surface area contributed by atoms with E-state index >= 15 is 0 Å². The van der Waals surface area contributed by atoms with Crippen LogP contribution in [-0.2, 0) is 4.79 Å². The number of hydrogen-bond acceptors (Lipinski definition) is 2. The molecule has 2 atom stereocenters. The van der Waals surface area contributed by atoms with E-state index in [9.17, 15) is 4.79 Å². The van der Waals surface area contributed by atoms with E-state index in [0.717, 1.165) is 18.8 Å². The lowest BCUT2D eigenvalue weighted by molar-refractivity contribution is -0.119. The Balaban J connectivity index is 1.86. The highest BCUT2D eigenvalue weighted by molar-refractivity contribution is 7.99. The molecule has 2 nitrogen and oxygen atoms in total. The molecule has 0 bridgehead atoms. The van der Waals surface area contributed by atoms with Crippen LogP contribution < -0.4 is 5.32 Å². The average molecular weight is 185 g/mol. The van der Waals surface area contributed by atoms with E-state index in [1.807, 2.05) is 11.8 Å². The maximum absolute atomic E-state index is 11.0. The van der Waals surface area contributed by atoms with Gasteiger partial charge in [0.25, 0.3) is 0 Å². The fraction of sp³-hybridized carbons (Fsp3) is 0.889. The Morgan fingerprint density at radius 3 is 2.92 bits per heavy atom. The second-order valence-corrected chi connectivity index (χ2v) is 4.84. The van der Waals surface area contributed by atoms with Crippen LogP contribution in [0.5, 0.6) is 0 Å². The summed E-state index contributed by atoms with van der Waals surface area (Å²) in [7, 11) is 0. The van der Waals surface area contributed by atoms with E-state index < -0.39 is 0 Å². The standard InChI is InChI=1S/C9H15NOS/c11-9-4-3-8(10-9)7-2-1-5-12-6-7/h7-8H,1-6H2,(H,10,11). The van der Waals surface area contributed by atoms with Crippen LogP contribution in [0.1, 0.15) is 25.7 Å². The summed E-state index contributed by atoms with van der Waals surface area (Å²) in [6.07, 6.45) is 4.48. The van der Waals surface area contributed by atoms with Crippen LogP contribution in [0.4, 0.5) is 0 Å². The Kier molecular flexibility index (Phi) is 2.59. The van der Waals surface area contributed by atoms with Gasteiger partial charge in [0.2, 0.25) is 5.91 Å². The van der Waals surface area contributed by atoms with Crippen molar-refractivity contribution in [2.24, 2.45) is 5.92 Å². The minimum atomic E-state index is 0.260. The molecule has 0 spiro atoms. The summed E-state index contributed by atoms with van der Waals surface area (Å²) in [5.41, 5.74) is 0. The van der Waals surface area contributed by atoms with Crippen molar-refractivity contribution in [3.05, 3.63) is 0 Å². The Labute approximate surface area is 77.5 Å². The maximum Gasteiger partial charge on any atom is 0.220 e.